The maximum Gasteiger partial charge on any atom is 0.254 e. The number of β-amino-alcohol motifs (C(OH)–C–C–N with tert-alkyl or cyclic N) is 1. The molecule has 1 amide bonds. The van der Waals surface area contributed by atoms with Crippen LogP contribution in [0.5, 0.6) is 0 Å². The Morgan fingerprint density at radius 2 is 2.19 bits per heavy atom. The molecule has 1 aliphatic rings. The number of carbonyl (C=O) groups is 1. The van der Waals surface area contributed by atoms with Crippen LogP contribution in [-0.4, -0.2) is 40.1 Å². The first-order chi connectivity index (χ1) is 7.74. The second kappa shape index (κ2) is 3.35. The summed E-state index contributed by atoms with van der Waals surface area (Å²) in [4.78, 5) is 16.7. The third-order valence-electron chi connectivity index (χ3n) is 2.95. The van der Waals surface area contributed by atoms with Crippen molar-refractivity contribution in [2.75, 3.05) is 13.1 Å². The van der Waals surface area contributed by atoms with E-state index in [2.05, 4.69) is 4.98 Å². The highest BCUT2D eigenvalue weighted by molar-refractivity contribution is 5.98. The highest BCUT2D eigenvalue weighted by atomic mass is 16.3. The molecule has 1 saturated heterocycles. The minimum atomic E-state index is -0.347. The first-order valence-electron chi connectivity index (χ1n) is 5.28. The van der Waals surface area contributed by atoms with Crippen LogP contribution in [0.1, 0.15) is 10.4 Å². The van der Waals surface area contributed by atoms with Gasteiger partial charge in [-0.25, -0.2) is 0 Å². The topological polar surface area (TPSA) is 56.3 Å². The highest BCUT2D eigenvalue weighted by Crippen LogP contribution is 2.18. The van der Waals surface area contributed by atoms with Crippen LogP contribution in [0.2, 0.25) is 0 Å². The zero-order chi connectivity index (χ0) is 11.1. The summed E-state index contributed by atoms with van der Waals surface area (Å²) in [6.07, 6.45) is 1.51. The van der Waals surface area contributed by atoms with Crippen LogP contribution in [0.3, 0.4) is 0 Å². The average Bonchev–Trinajstić information content (AvgIpc) is 2.70. The van der Waals surface area contributed by atoms with E-state index < -0.39 is 0 Å². The molecule has 0 saturated carbocycles. The Kier molecular flexibility index (Phi) is 1.97. The van der Waals surface area contributed by atoms with E-state index in [0.29, 0.717) is 18.7 Å². The summed E-state index contributed by atoms with van der Waals surface area (Å²) in [5.41, 5.74) is 1.71. The molecule has 1 aliphatic heterocycles. The quantitative estimate of drug-likeness (QED) is 0.746. The number of nitrogens with one attached hydrogen (secondary N) is 1. The molecule has 4 nitrogen and oxygen atoms in total. The Morgan fingerprint density at radius 3 is 2.94 bits per heavy atom. The lowest BCUT2D eigenvalue weighted by molar-refractivity contribution is 0.00591. The minimum absolute atomic E-state index is 0.00611. The molecular weight excluding hydrogens is 204 g/mol. The van der Waals surface area contributed by atoms with E-state index in [1.165, 1.54) is 0 Å². The van der Waals surface area contributed by atoms with Crippen LogP contribution in [-0.2, 0) is 0 Å². The van der Waals surface area contributed by atoms with Gasteiger partial charge in [-0.2, -0.15) is 0 Å². The maximum atomic E-state index is 11.9. The molecule has 0 radical (unpaired) electrons. The van der Waals surface area contributed by atoms with E-state index >= 15 is 0 Å². The highest BCUT2D eigenvalue weighted by Gasteiger charge is 2.29. The zero-order valence-corrected chi connectivity index (χ0v) is 8.68. The molecule has 0 atom stereocenters. The predicted octanol–water partition coefficient (Wildman–Crippen LogP) is 0.985. The molecule has 16 heavy (non-hydrogen) atoms. The fraction of sp³-hybridized carbons (Fsp3) is 0.250. The van der Waals surface area contributed by atoms with Gasteiger partial charge < -0.3 is 15.0 Å². The fourth-order valence-electron chi connectivity index (χ4n) is 1.99. The predicted molar refractivity (Wildman–Crippen MR) is 60.2 cm³/mol. The molecule has 0 aliphatic carbocycles. The molecule has 1 fully saturated rings. The molecule has 4 heteroatoms. The Morgan fingerprint density at radius 1 is 1.38 bits per heavy atom. The smallest absolute Gasteiger partial charge is 0.254 e. The number of rotatable bonds is 1. The Hall–Kier alpha value is -1.81. The number of aromatic nitrogens is 1. The van der Waals surface area contributed by atoms with Crippen molar-refractivity contribution in [3.8, 4) is 0 Å². The van der Waals surface area contributed by atoms with Crippen LogP contribution in [0, 0.1) is 0 Å². The lowest BCUT2D eigenvalue weighted by Crippen LogP contribution is -2.53. The number of likely N-dealkylation sites (tertiary alicyclic amines) is 1. The molecule has 0 spiro atoms. The van der Waals surface area contributed by atoms with Gasteiger partial charge in [-0.1, -0.05) is 0 Å². The fourth-order valence-corrected chi connectivity index (χ4v) is 1.99. The Labute approximate surface area is 92.5 Å². The molecular formula is C12H12N2O2. The normalized spacial score (nSPS) is 16.4. The third kappa shape index (κ3) is 1.39. The molecule has 82 valence electrons. The number of benzene rings is 1. The number of H-pyrrole nitrogens is 1. The van der Waals surface area contributed by atoms with Crippen molar-refractivity contribution in [1.82, 2.24) is 9.88 Å². The van der Waals surface area contributed by atoms with E-state index in [0.717, 1.165) is 10.9 Å². The monoisotopic (exact) mass is 216 g/mol. The SMILES string of the molecule is O=C(c1ccc2[nH]ccc2c1)N1CC(O)C1. The minimum Gasteiger partial charge on any atom is -0.389 e. The molecule has 2 aromatic rings. The molecule has 0 unspecified atom stereocenters. The number of aromatic amines is 1. The molecule has 2 heterocycles. The number of hydrogen-bond acceptors (Lipinski definition) is 2. The van der Waals surface area contributed by atoms with Crippen molar-refractivity contribution < 1.29 is 9.90 Å². The lowest BCUT2D eigenvalue weighted by atomic mass is 10.1. The summed E-state index contributed by atoms with van der Waals surface area (Å²) < 4.78 is 0. The maximum absolute atomic E-state index is 11.9. The second-order valence-electron chi connectivity index (χ2n) is 4.14. The van der Waals surface area contributed by atoms with Crippen molar-refractivity contribution >= 4 is 16.8 Å². The van der Waals surface area contributed by atoms with Crippen LogP contribution in [0.4, 0.5) is 0 Å². The Bertz CT molecular complexity index is 541. The van der Waals surface area contributed by atoms with Gasteiger partial charge in [-0.3, -0.25) is 4.79 Å². The summed E-state index contributed by atoms with van der Waals surface area (Å²) >= 11 is 0. The first-order valence-corrected chi connectivity index (χ1v) is 5.28. The van der Waals surface area contributed by atoms with Crippen LogP contribution in [0.15, 0.2) is 30.5 Å². The second-order valence-corrected chi connectivity index (χ2v) is 4.14. The van der Waals surface area contributed by atoms with Gasteiger partial charge in [0.15, 0.2) is 0 Å². The number of nitrogens with zero attached hydrogens (tertiary/aromatic N) is 1. The lowest BCUT2D eigenvalue weighted by Gasteiger charge is -2.35. The number of aliphatic hydroxyl groups is 1. The summed E-state index contributed by atoms with van der Waals surface area (Å²) in [6, 6.07) is 7.53. The summed E-state index contributed by atoms with van der Waals surface area (Å²) in [5.74, 6) is -0.00611. The van der Waals surface area contributed by atoms with Crippen LogP contribution < -0.4 is 0 Å². The molecule has 3 rings (SSSR count). The number of carbonyl (C=O) groups excluding carboxylic acids is 1. The van der Waals surface area contributed by atoms with E-state index in [1.807, 2.05) is 30.5 Å². The van der Waals surface area contributed by atoms with Gasteiger partial charge in [0, 0.05) is 35.8 Å². The average molecular weight is 216 g/mol. The first kappa shape index (κ1) is 9.42. The summed E-state index contributed by atoms with van der Waals surface area (Å²) in [6.45, 7) is 0.897. The number of hydrogen-bond donors (Lipinski definition) is 2. The molecule has 1 aromatic carbocycles. The van der Waals surface area contributed by atoms with Crippen molar-refractivity contribution in [2.24, 2.45) is 0 Å². The van der Waals surface area contributed by atoms with Crippen molar-refractivity contribution in [3.63, 3.8) is 0 Å². The van der Waals surface area contributed by atoms with Gasteiger partial charge in [0.2, 0.25) is 0 Å². The van der Waals surface area contributed by atoms with Gasteiger partial charge in [-0.15, -0.1) is 0 Å². The van der Waals surface area contributed by atoms with Gasteiger partial charge in [0.05, 0.1) is 6.10 Å². The Balaban J connectivity index is 1.90. The van der Waals surface area contributed by atoms with Crippen LogP contribution >= 0.6 is 0 Å². The molecule has 1 aromatic heterocycles. The number of fused-ring (bicyclic) bond motifs is 1. The van der Waals surface area contributed by atoms with Gasteiger partial charge >= 0.3 is 0 Å². The molecule has 2 N–H and O–H groups in total. The van der Waals surface area contributed by atoms with E-state index in [9.17, 15) is 4.79 Å². The van der Waals surface area contributed by atoms with Gasteiger partial charge in [-0.05, 0) is 24.3 Å². The van der Waals surface area contributed by atoms with Gasteiger partial charge in [0.25, 0.3) is 5.91 Å². The van der Waals surface area contributed by atoms with Crippen molar-refractivity contribution in [2.45, 2.75) is 6.10 Å². The van der Waals surface area contributed by atoms with E-state index in [-0.39, 0.29) is 12.0 Å². The van der Waals surface area contributed by atoms with Crippen molar-refractivity contribution in [3.05, 3.63) is 36.0 Å². The largest absolute Gasteiger partial charge is 0.389 e. The zero-order valence-electron chi connectivity index (χ0n) is 8.68. The molecule has 0 bridgehead atoms. The number of aliphatic hydroxyl groups excluding tert-OH is 1. The number of amides is 1. The van der Waals surface area contributed by atoms with E-state index in [4.69, 9.17) is 5.11 Å². The van der Waals surface area contributed by atoms with Crippen molar-refractivity contribution in [1.29, 1.82) is 0 Å². The van der Waals surface area contributed by atoms with E-state index in [1.54, 1.807) is 4.90 Å². The third-order valence-corrected chi connectivity index (χ3v) is 2.95. The van der Waals surface area contributed by atoms with Crippen LogP contribution in [0.25, 0.3) is 10.9 Å². The standard InChI is InChI=1S/C12H12N2O2/c15-10-6-14(7-10)12(16)9-1-2-11-8(5-9)3-4-13-11/h1-5,10,13,15H,6-7H2. The van der Waals surface area contributed by atoms with Gasteiger partial charge in [0.1, 0.15) is 0 Å². The summed E-state index contributed by atoms with van der Waals surface area (Å²) in [5, 5.41) is 10.2. The summed E-state index contributed by atoms with van der Waals surface area (Å²) in [7, 11) is 0.